The molecule has 134 valence electrons. The standard InChI is InChI=1S/C17H29N5O2/c1-21-13-19-20-16(21)14-7-10-22(11-8-14)17(23)18-9-3-2-5-15-6-4-12-24-15/h13-15H,2-12H2,1H3,(H,18,23)/t15-/m1/s1. The number of ether oxygens (including phenoxy) is 1. The molecule has 24 heavy (non-hydrogen) atoms. The van der Waals surface area contributed by atoms with Crippen LogP contribution in [0.15, 0.2) is 6.33 Å². The number of nitrogens with zero attached hydrogens (tertiary/aromatic N) is 4. The highest BCUT2D eigenvalue weighted by Crippen LogP contribution is 2.26. The number of aromatic nitrogens is 3. The van der Waals surface area contributed by atoms with Crippen molar-refractivity contribution >= 4 is 6.03 Å². The Morgan fingerprint density at radius 3 is 2.83 bits per heavy atom. The summed E-state index contributed by atoms with van der Waals surface area (Å²) in [6.07, 6.45) is 9.79. The zero-order valence-electron chi connectivity index (χ0n) is 14.6. The maximum Gasteiger partial charge on any atom is 0.317 e. The first-order valence-electron chi connectivity index (χ1n) is 9.22. The van der Waals surface area contributed by atoms with Crippen molar-refractivity contribution in [2.45, 2.75) is 57.0 Å². The largest absolute Gasteiger partial charge is 0.378 e. The van der Waals surface area contributed by atoms with Crippen LogP contribution in [0.25, 0.3) is 0 Å². The molecule has 0 radical (unpaired) electrons. The maximum absolute atomic E-state index is 12.2. The van der Waals surface area contributed by atoms with Crippen molar-refractivity contribution in [3.8, 4) is 0 Å². The first-order valence-corrected chi connectivity index (χ1v) is 9.22. The fourth-order valence-electron chi connectivity index (χ4n) is 3.68. The van der Waals surface area contributed by atoms with Gasteiger partial charge in [-0.25, -0.2) is 4.79 Å². The second kappa shape index (κ2) is 8.46. The first kappa shape index (κ1) is 17.2. The van der Waals surface area contributed by atoms with Gasteiger partial charge in [-0.2, -0.15) is 0 Å². The van der Waals surface area contributed by atoms with Crippen LogP contribution in [0.5, 0.6) is 0 Å². The third-order valence-electron chi connectivity index (χ3n) is 5.15. The monoisotopic (exact) mass is 335 g/mol. The summed E-state index contributed by atoms with van der Waals surface area (Å²) in [6, 6.07) is 0.0727. The van der Waals surface area contributed by atoms with Crippen molar-refractivity contribution in [3.63, 3.8) is 0 Å². The number of hydrogen-bond acceptors (Lipinski definition) is 4. The van der Waals surface area contributed by atoms with Crippen LogP contribution < -0.4 is 5.32 Å². The minimum atomic E-state index is 0.0727. The minimum absolute atomic E-state index is 0.0727. The molecule has 0 spiro atoms. The van der Waals surface area contributed by atoms with E-state index in [1.54, 1.807) is 6.33 Å². The van der Waals surface area contributed by atoms with Crippen molar-refractivity contribution in [3.05, 3.63) is 12.2 Å². The number of rotatable bonds is 6. The Bertz CT molecular complexity index is 519. The van der Waals surface area contributed by atoms with Crippen LogP contribution in [0.4, 0.5) is 4.79 Å². The lowest BCUT2D eigenvalue weighted by Crippen LogP contribution is -2.44. The van der Waals surface area contributed by atoms with E-state index in [1.807, 2.05) is 16.5 Å². The molecule has 1 atom stereocenters. The van der Waals surface area contributed by atoms with Gasteiger partial charge in [0.1, 0.15) is 12.2 Å². The second-order valence-electron chi connectivity index (χ2n) is 6.92. The van der Waals surface area contributed by atoms with Gasteiger partial charge in [0.2, 0.25) is 0 Å². The summed E-state index contributed by atoms with van der Waals surface area (Å²) in [5.74, 6) is 1.44. The van der Waals surface area contributed by atoms with Gasteiger partial charge in [-0.1, -0.05) is 0 Å². The lowest BCUT2D eigenvalue weighted by Gasteiger charge is -2.31. The van der Waals surface area contributed by atoms with Gasteiger partial charge in [-0.05, 0) is 44.9 Å². The van der Waals surface area contributed by atoms with E-state index in [9.17, 15) is 4.79 Å². The fourth-order valence-corrected chi connectivity index (χ4v) is 3.68. The quantitative estimate of drug-likeness (QED) is 0.808. The summed E-state index contributed by atoms with van der Waals surface area (Å²) >= 11 is 0. The molecule has 3 heterocycles. The van der Waals surface area contributed by atoms with E-state index in [2.05, 4.69) is 15.5 Å². The van der Waals surface area contributed by atoms with E-state index in [-0.39, 0.29) is 6.03 Å². The molecule has 2 fully saturated rings. The topological polar surface area (TPSA) is 72.3 Å². The van der Waals surface area contributed by atoms with Crippen LogP contribution in [0, 0.1) is 0 Å². The molecule has 7 heteroatoms. The van der Waals surface area contributed by atoms with E-state index in [1.165, 1.54) is 12.8 Å². The molecule has 2 amide bonds. The number of carbonyl (C=O) groups is 1. The smallest absolute Gasteiger partial charge is 0.317 e. The van der Waals surface area contributed by atoms with Crippen molar-refractivity contribution in [2.24, 2.45) is 7.05 Å². The van der Waals surface area contributed by atoms with Crippen LogP contribution in [0.1, 0.15) is 56.7 Å². The number of likely N-dealkylation sites (tertiary alicyclic amines) is 1. The highest BCUT2D eigenvalue weighted by molar-refractivity contribution is 5.74. The minimum Gasteiger partial charge on any atom is -0.378 e. The summed E-state index contributed by atoms with van der Waals surface area (Å²) in [6.45, 7) is 3.26. The molecular weight excluding hydrogens is 306 g/mol. The van der Waals surface area contributed by atoms with Crippen LogP contribution in [-0.2, 0) is 11.8 Å². The van der Waals surface area contributed by atoms with Crippen molar-refractivity contribution in [1.82, 2.24) is 25.0 Å². The second-order valence-corrected chi connectivity index (χ2v) is 6.92. The molecule has 0 unspecified atom stereocenters. The summed E-state index contributed by atoms with van der Waals surface area (Å²) in [7, 11) is 1.98. The van der Waals surface area contributed by atoms with Gasteiger partial charge in [0, 0.05) is 39.2 Å². The Morgan fingerprint density at radius 1 is 1.33 bits per heavy atom. The van der Waals surface area contributed by atoms with Gasteiger partial charge in [0.15, 0.2) is 0 Å². The molecule has 0 aliphatic carbocycles. The number of aryl methyl sites for hydroxylation is 1. The highest BCUT2D eigenvalue weighted by atomic mass is 16.5. The normalized spacial score (nSPS) is 22.0. The maximum atomic E-state index is 12.2. The Balaban J connectivity index is 1.30. The van der Waals surface area contributed by atoms with Gasteiger partial charge < -0.3 is 19.5 Å². The predicted molar refractivity (Wildman–Crippen MR) is 90.8 cm³/mol. The van der Waals surface area contributed by atoms with Crippen molar-refractivity contribution in [1.29, 1.82) is 0 Å². The summed E-state index contributed by atoms with van der Waals surface area (Å²) in [5, 5.41) is 11.2. The number of hydrogen-bond donors (Lipinski definition) is 1. The lowest BCUT2D eigenvalue weighted by molar-refractivity contribution is 0.102. The number of unbranched alkanes of at least 4 members (excludes halogenated alkanes) is 1. The number of piperidine rings is 1. The van der Waals surface area contributed by atoms with E-state index >= 15 is 0 Å². The third-order valence-corrected chi connectivity index (χ3v) is 5.15. The first-order chi connectivity index (χ1) is 11.7. The average molecular weight is 335 g/mol. The van der Waals surface area contributed by atoms with E-state index in [4.69, 9.17) is 4.74 Å². The zero-order valence-corrected chi connectivity index (χ0v) is 14.6. The SMILES string of the molecule is Cn1cnnc1C1CCN(C(=O)NCCCC[C@@H]2CCCO2)CC1. The van der Waals surface area contributed by atoms with E-state index < -0.39 is 0 Å². The fraction of sp³-hybridized carbons (Fsp3) is 0.824. The molecular formula is C17H29N5O2. The van der Waals surface area contributed by atoms with Crippen molar-refractivity contribution < 1.29 is 9.53 Å². The van der Waals surface area contributed by atoms with Gasteiger partial charge in [0.25, 0.3) is 0 Å². The number of amides is 2. The van der Waals surface area contributed by atoms with Gasteiger partial charge >= 0.3 is 6.03 Å². The molecule has 0 bridgehead atoms. The molecule has 1 aromatic heterocycles. The summed E-state index contributed by atoms with van der Waals surface area (Å²) in [5.41, 5.74) is 0. The van der Waals surface area contributed by atoms with Crippen LogP contribution >= 0.6 is 0 Å². The van der Waals surface area contributed by atoms with E-state index in [0.717, 1.165) is 64.2 Å². The Hall–Kier alpha value is -1.63. The predicted octanol–water partition coefficient (Wildman–Crippen LogP) is 2.05. The van der Waals surface area contributed by atoms with Crippen LogP contribution in [0.3, 0.4) is 0 Å². The van der Waals surface area contributed by atoms with E-state index in [0.29, 0.717) is 12.0 Å². The van der Waals surface area contributed by atoms with Gasteiger partial charge in [0.05, 0.1) is 6.10 Å². The lowest BCUT2D eigenvalue weighted by atomic mass is 9.96. The van der Waals surface area contributed by atoms with Gasteiger partial charge in [-0.3, -0.25) is 0 Å². The Morgan fingerprint density at radius 2 is 2.17 bits per heavy atom. The average Bonchev–Trinajstić information content (AvgIpc) is 3.26. The van der Waals surface area contributed by atoms with Crippen molar-refractivity contribution in [2.75, 3.05) is 26.2 Å². The molecule has 1 aromatic rings. The molecule has 2 saturated heterocycles. The molecule has 0 aromatic carbocycles. The Kier molecular flexibility index (Phi) is 6.07. The number of urea groups is 1. The molecule has 3 rings (SSSR count). The summed E-state index contributed by atoms with van der Waals surface area (Å²) in [4.78, 5) is 14.2. The molecule has 2 aliphatic heterocycles. The van der Waals surface area contributed by atoms with Crippen LogP contribution in [0.2, 0.25) is 0 Å². The number of carbonyl (C=O) groups excluding carboxylic acids is 1. The molecule has 7 nitrogen and oxygen atoms in total. The third kappa shape index (κ3) is 4.47. The zero-order chi connectivity index (χ0) is 16.8. The summed E-state index contributed by atoms with van der Waals surface area (Å²) < 4.78 is 7.60. The molecule has 1 N–H and O–H groups in total. The Labute approximate surface area is 143 Å². The molecule has 2 aliphatic rings. The number of nitrogens with one attached hydrogen (secondary N) is 1. The van der Waals surface area contributed by atoms with Gasteiger partial charge in [-0.15, -0.1) is 10.2 Å². The molecule has 0 saturated carbocycles. The highest BCUT2D eigenvalue weighted by Gasteiger charge is 2.26. The van der Waals surface area contributed by atoms with Crippen LogP contribution in [-0.4, -0.2) is 58.0 Å².